The van der Waals surface area contributed by atoms with E-state index in [0.717, 1.165) is 28.5 Å². The Morgan fingerprint density at radius 3 is 2.57 bits per heavy atom. The van der Waals surface area contributed by atoms with E-state index in [0.29, 0.717) is 23.9 Å². The molecule has 0 atom stereocenters. The van der Waals surface area contributed by atoms with E-state index >= 15 is 0 Å². The lowest BCUT2D eigenvalue weighted by Crippen LogP contribution is -2.37. The first-order chi connectivity index (χ1) is 13.4. The number of aliphatic imine (C=N–C) groups is 1. The number of guanidine groups is 1. The number of aromatic nitrogens is 1. The summed E-state index contributed by atoms with van der Waals surface area (Å²) in [6.07, 6.45) is 3.84. The predicted octanol–water partition coefficient (Wildman–Crippen LogP) is 2.62. The van der Waals surface area contributed by atoms with E-state index in [-0.39, 0.29) is 5.82 Å². The summed E-state index contributed by atoms with van der Waals surface area (Å²) in [5.74, 6) is 0.395. The normalized spacial score (nSPS) is 12.3. The van der Waals surface area contributed by atoms with Gasteiger partial charge < -0.3 is 15.6 Å². The van der Waals surface area contributed by atoms with Gasteiger partial charge in [-0.2, -0.15) is 0 Å². The summed E-state index contributed by atoms with van der Waals surface area (Å²) in [5, 5.41) is 7.46. The molecular formula is C20H23FN4O2S. The van der Waals surface area contributed by atoms with Gasteiger partial charge in [0.05, 0.1) is 4.90 Å². The van der Waals surface area contributed by atoms with Crippen LogP contribution in [0.1, 0.15) is 11.1 Å². The summed E-state index contributed by atoms with van der Waals surface area (Å²) in [5.41, 5.74) is 2.85. The summed E-state index contributed by atoms with van der Waals surface area (Å²) in [4.78, 5) is 7.58. The number of hydrogen-bond donors (Lipinski definition) is 3. The molecule has 3 rings (SSSR count). The Morgan fingerprint density at radius 2 is 1.89 bits per heavy atom. The summed E-state index contributed by atoms with van der Waals surface area (Å²) < 4.78 is 36.3. The standard InChI is InChI=1S/C20H23FN4O2S/c1-22-20(25-12-14-3-6-17(7-4-14)28(2,26)27)23-10-9-15-13-24-19-11-16(21)5-8-18(15)19/h3-8,11,13,24H,9-10,12H2,1-2H3,(H2,22,23,25). The largest absolute Gasteiger partial charge is 0.361 e. The highest BCUT2D eigenvalue weighted by molar-refractivity contribution is 7.90. The number of fused-ring (bicyclic) bond motifs is 1. The van der Waals surface area contributed by atoms with Crippen LogP contribution in [0.25, 0.3) is 10.9 Å². The van der Waals surface area contributed by atoms with Gasteiger partial charge in [-0.25, -0.2) is 12.8 Å². The third kappa shape index (κ3) is 4.89. The van der Waals surface area contributed by atoms with Gasteiger partial charge in [-0.3, -0.25) is 4.99 Å². The number of benzene rings is 2. The second kappa shape index (κ2) is 8.43. The van der Waals surface area contributed by atoms with Crippen LogP contribution in [-0.2, 0) is 22.8 Å². The molecule has 0 saturated carbocycles. The van der Waals surface area contributed by atoms with Crippen LogP contribution in [0.15, 0.2) is 58.5 Å². The van der Waals surface area contributed by atoms with Crippen molar-refractivity contribution in [2.75, 3.05) is 19.8 Å². The highest BCUT2D eigenvalue weighted by atomic mass is 32.2. The molecule has 28 heavy (non-hydrogen) atoms. The minimum absolute atomic E-state index is 0.256. The molecule has 0 radical (unpaired) electrons. The van der Waals surface area contributed by atoms with Crippen molar-refractivity contribution in [1.82, 2.24) is 15.6 Å². The van der Waals surface area contributed by atoms with Crippen LogP contribution in [0.2, 0.25) is 0 Å². The average Bonchev–Trinajstić information content (AvgIpc) is 3.06. The number of nitrogens with one attached hydrogen (secondary N) is 3. The van der Waals surface area contributed by atoms with Crippen LogP contribution in [-0.4, -0.2) is 39.2 Å². The number of hydrogen-bond acceptors (Lipinski definition) is 3. The topological polar surface area (TPSA) is 86.3 Å². The molecule has 148 valence electrons. The zero-order chi connectivity index (χ0) is 20.1. The van der Waals surface area contributed by atoms with Crippen molar-refractivity contribution in [2.24, 2.45) is 4.99 Å². The number of rotatable bonds is 6. The lowest BCUT2D eigenvalue weighted by atomic mass is 10.1. The Hall–Kier alpha value is -2.87. The van der Waals surface area contributed by atoms with E-state index in [1.165, 1.54) is 18.4 Å². The first-order valence-electron chi connectivity index (χ1n) is 8.86. The van der Waals surface area contributed by atoms with Gasteiger partial charge in [0.1, 0.15) is 5.82 Å². The van der Waals surface area contributed by atoms with Crippen LogP contribution < -0.4 is 10.6 Å². The third-order valence-electron chi connectivity index (χ3n) is 4.45. The molecule has 1 heterocycles. The molecule has 0 saturated heterocycles. The van der Waals surface area contributed by atoms with Crippen molar-refractivity contribution in [2.45, 2.75) is 17.9 Å². The molecule has 0 bridgehead atoms. The highest BCUT2D eigenvalue weighted by Gasteiger charge is 2.07. The fourth-order valence-corrected chi connectivity index (χ4v) is 3.57. The fraction of sp³-hybridized carbons (Fsp3) is 0.250. The van der Waals surface area contributed by atoms with Crippen LogP contribution in [0, 0.1) is 5.82 Å². The van der Waals surface area contributed by atoms with Crippen molar-refractivity contribution < 1.29 is 12.8 Å². The summed E-state index contributed by atoms with van der Waals surface area (Å²) in [6.45, 7) is 1.19. The first-order valence-corrected chi connectivity index (χ1v) is 10.7. The monoisotopic (exact) mass is 402 g/mol. The van der Waals surface area contributed by atoms with Gasteiger partial charge in [0.25, 0.3) is 0 Å². The summed E-state index contributed by atoms with van der Waals surface area (Å²) in [7, 11) is -1.50. The van der Waals surface area contributed by atoms with Crippen molar-refractivity contribution in [3.63, 3.8) is 0 Å². The van der Waals surface area contributed by atoms with Gasteiger partial charge in [-0.15, -0.1) is 0 Å². The van der Waals surface area contributed by atoms with E-state index < -0.39 is 9.84 Å². The van der Waals surface area contributed by atoms with Crippen molar-refractivity contribution >= 4 is 26.7 Å². The van der Waals surface area contributed by atoms with E-state index in [9.17, 15) is 12.8 Å². The minimum atomic E-state index is -3.19. The highest BCUT2D eigenvalue weighted by Crippen LogP contribution is 2.19. The first kappa shape index (κ1) is 19.9. The molecule has 8 heteroatoms. The maximum atomic E-state index is 13.3. The van der Waals surface area contributed by atoms with Gasteiger partial charge in [-0.05, 0) is 47.9 Å². The molecule has 0 amide bonds. The second-order valence-corrected chi connectivity index (χ2v) is 8.54. The molecular weight excluding hydrogens is 379 g/mol. The number of aromatic amines is 1. The Morgan fingerprint density at radius 1 is 1.14 bits per heavy atom. The van der Waals surface area contributed by atoms with Crippen LogP contribution in [0.5, 0.6) is 0 Å². The molecule has 0 aliphatic rings. The van der Waals surface area contributed by atoms with E-state index in [1.54, 1.807) is 37.4 Å². The van der Waals surface area contributed by atoms with E-state index in [2.05, 4.69) is 20.6 Å². The fourth-order valence-electron chi connectivity index (χ4n) is 2.94. The third-order valence-corrected chi connectivity index (χ3v) is 5.58. The number of nitrogens with zero attached hydrogens (tertiary/aromatic N) is 1. The number of halogens is 1. The molecule has 0 spiro atoms. The molecule has 6 nitrogen and oxygen atoms in total. The second-order valence-electron chi connectivity index (χ2n) is 6.52. The lowest BCUT2D eigenvalue weighted by Gasteiger charge is -2.12. The Kier molecular flexibility index (Phi) is 5.99. The lowest BCUT2D eigenvalue weighted by molar-refractivity contribution is 0.602. The summed E-state index contributed by atoms with van der Waals surface area (Å²) >= 11 is 0. The van der Waals surface area contributed by atoms with E-state index in [1.807, 2.05) is 6.20 Å². The zero-order valence-electron chi connectivity index (χ0n) is 15.8. The molecule has 0 fully saturated rings. The van der Waals surface area contributed by atoms with Gasteiger partial charge in [-0.1, -0.05) is 12.1 Å². The molecule has 1 aromatic heterocycles. The average molecular weight is 402 g/mol. The maximum absolute atomic E-state index is 13.3. The molecule has 0 unspecified atom stereocenters. The Balaban J connectivity index is 1.52. The molecule has 3 N–H and O–H groups in total. The van der Waals surface area contributed by atoms with Crippen LogP contribution >= 0.6 is 0 Å². The minimum Gasteiger partial charge on any atom is -0.361 e. The zero-order valence-corrected chi connectivity index (χ0v) is 16.6. The number of sulfone groups is 1. The summed E-state index contributed by atoms with van der Waals surface area (Å²) in [6, 6.07) is 11.5. The van der Waals surface area contributed by atoms with Crippen molar-refractivity contribution in [3.05, 3.63) is 65.6 Å². The predicted molar refractivity (Wildman–Crippen MR) is 110 cm³/mol. The quantitative estimate of drug-likeness (QED) is 0.437. The Labute approximate surface area is 163 Å². The maximum Gasteiger partial charge on any atom is 0.191 e. The van der Waals surface area contributed by atoms with Gasteiger partial charge in [0.15, 0.2) is 15.8 Å². The van der Waals surface area contributed by atoms with Crippen LogP contribution in [0.3, 0.4) is 0 Å². The number of H-pyrrole nitrogens is 1. The van der Waals surface area contributed by atoms with Gasteiger partial charge >= 0.3 is 0 Å². The van der Waals surface area contributed by atoms with Crippen LogP contribution in [0.4, 0.5) is 4.39 Å². The van der Waals surface area contributed by atoms with Crippen molar-refractivity contribution in [1.29, 1.82) is 0 Å². The SMILES string of the molecule is CN=C(NCCc1c[nH]c2cc(F)ccc12)NCc1ccc(S(C)(=O)=O)cc1. The molecule has 2 aromatic carbocycles. The van der Waals surface area contributed by atoms with Gasteiger partial charge in [0.2, 0.25) is 0 Å². The molecule has 0 aliphatic heterocycles. The van der Waals surface area contributed by atoms with Crippen molar-refractivity contribution in [3.8, 4) is 0 Å². The molecule has 0 aliphatic carbocycles. The smallest absolute Gasteiger partial charge is 0.191 e. The Bertz CT molecular complexity index is 1090. The van der Waals surface area contributed by atoms with Gasteiger partial charge in [0, 0.05) is 43.5 Å². The van der Waals surface area contributed by atoms with E-state index in [4.69, 9.17) is 0 Å². The molecule has 3 aromatic rings.